The highest BCUT2D eigenvalue weighted by molar-refractivity contribution is 5.73. The lowest BCUT2D eigenvalue weighted by molar-refractivity contribution is -0.142. The van der Waals surface area contributed by atoms with Crippen molar-refractivity contribution in [3.8, 4) is 0 Å². The predicted octanol–water partition coefficient (Wildman–Crippen LogP) is 0.944. The molecule has 0 heterocycles. The molecule has 64 valence electrons. The van der Waals surface area contributed by atoms with Crippen LogP contribution in [0.4, 0.5) is 0 Å². The molecule has 0 aromatic carbocycles. The molecule has 0 aromatic rings. The molecule has 0 amide bonds. The summed E-state index contributed by atoms with van der Waals surface area (Å²) in [7, 11) is 0. The highest BCUT2D eigenvalue weighted by Crippen LogP contribution is 2.28. The SMILES string of the molecule is CCN(C1CC1)C(C)C(=O)O. The van der Waals surface area contributed by atoms with Crippen molar-refractivity contribution >= 4 is 5.97 Å². The fraction of sp³-hybridized carbons (Fsp3) is 0.875. The fourth-order valence-electron chi connectivity index (χ4n) is 1.40. The summed E-state index contributed by atoms with van der Waals surface area (Å²) in [5.41, 5.74) is 0. The van der Waals surface area contributed by atoms with Gasteiger partial charge in [0.05, 0.1) is 0 Å². The molecule has 1 aliphatic carbocycles. The van der Waals surface area contributed by atoms with E-state index in [4.69, 9.17) is 5.11 Å². The molecule has 1 N–H and O–H groups in total. The first kappa shape index (κ1) is 8.53. The first-order valence-electron chi connectivity index (χ1n) is 4.15. The molecule has 1 rings (SSSR count). The van der Waals surface area contributed by atoms with Crippen molar-refractivity contribution in [2.45, 2.75) is 38.8 Å². The number of likely N-dealkylation sites (N-methyl/N-ethyl adjacent to an activating group) is 1. The second-order valence-corrected chi connectivity index (χ2v) is 3.08. The molecule has 0 radical (unpaired) electrons. The van der Waals surface area contributed by atoms with Gasteiger partial charge in [-0.3, -0.25) is 9.69 Å². The summed E-state index contributed by atoms with van der Waals surface area (Å²) in [4.78, 5) is 12.6. The third kappa shape index (κ3) is 1.93. The molecule has 1 fully saturated rings. The standard InChI is InChI=1S/C8H15NO2/c1-3-9(7-4-5-7)6(2)8(10)11/h6-7H,3-5H2,1-2H3,(H,10,11). The molecule has 0 aromatic heterocycles. The number of hydrogen-bond donors (Lipinski definition) is 1. The van der Waals surface area contributed by atoms with Crippen molar-refractivity contribution in [3.63, 3.8) is 0 Å². The summed E-state index contributed by atoms with van der Waals surface area (Å²) in [5, 5.41) is 8.72. The van der Waals surface area contributed by atoms with Crippen LogP contribution in [-0.2, 0) is 4.79 Å². The van der Waals surface area contributed by atoms with Crippen LogP contribution in [0.2, 0.25) is 0 Å². The third-order valence-corrected chi connectivity index (χ3v) is 2.24. The Bertz CT molecular complexity index is 154. The Morgan fingerprint density at radius 1 is 1.73 bits per heavy atom. The van der Waals surface area contributed by atoms with E-state index in [-0.39, 0.29) is 6.04 Å². The molecule has 0 bridgehead atoms. The van der Waals surface area contributed by atoms with Gasteiger partial charge in [0.2, 0.25) is 0 Å². The van der Waals surface area contributed by atoms with Gasteiger partial charge in [0.25, 0.3) is 0 Å². The highest BCUT2D eigenvalue weighted by Gasteiger charge is 2.33. The Balaban J connectivity index is 2.45. The van der Waals surface area contributed by atoms with Crippen LogP contribution in [0, 0.1) is 0 Å². The van der Waals surface area contributed by atoms with Crippen LogP contribution in [0.1, 0.15) is 26.7 Å². The van der Waals surface area contributed by atoms with Gasteiger partial charge < -0.3 is 5.11 Å². The second-order valence-electron chi connectivity index (χ2n) is 3.08. The van der Waals surface area contributed by atoms with E-state index in [0.717, 1.165) is 6.54 Å². The van der Waals surface area contributed by atoms with Gasteiger partial charge in [-0.25, -0.2) is 0 Å². The summed E-state index contributed by atoms with van der Waals surface area (Å²) in [6, 6.07) is 0.235. The van der Waals surface area contributed by atoms with E-state index in [1.807, 2.05) is 11.8 Å². The maximum absolute atomic E-state index is 10.6. The summed E-state index contributed by atoms with van der Waals surface area (Å²) in [6.07, 6.45) is 2.34. The number of carbonyl (C=O) groups is 1. The average Bonchev–Trinajstić information content (AvgIpc) is 2.72. The summed E-state index contributed by atoms with van der Waals surface area (Å²) >= 11 is 0. The molecular weight excluding hydrogens is 142 g/mol. The minimum Gasteiger partial charge on any atom is -0.480 e. The molecule has 1 unspecified atom stereocenters. The van der Waals surface area contributed by atoms with Gasteiger partial charge in [-0.2, -0.15) is 0 Å². The zero-order valence-corrected chi connectivity index (χ0v) is 7.08. The summed E-state index contributed by atoms with van der Waals surface area (Å²) in [5.74, 6) is -0.709. The molecular formula is C8H15NO2. The zero-order chi connectivity index (χ0) is 8.43. The molecule has 1 aliphatic rings. The Kier molecular flexibility index (Phi) is 2.49. The van der Waals surface area contributed by atoms with Gasteiger partial charge in [0.1, 0.15) is 6.04 Å². The van der Waals surface area contributed by atoms with Crippen LogP contribution in [-0.4, -0.2) is 34.6 Å². The lowest BCUT2D eigenvalue weighted by Crippen LogP contribution is -2.40. The van der Waals surface area contributed by atoms with Crippen molar-refractivity contribution in [2.75, 3.05) is 6.54 Å². The van der Waals surface area contributed by atoms with Crippen LogP contribution < -0.4 is 0 Å². The number of aliphatic carboxylic acids is 1. The lowest BCUT2D eigenvalue weighted by atomic mass is 10.3. The third-order valence-electron chi connectivity index (χ3n) is 2.24. The number of rotatable bonds is 4. The van der Waals surface area contributed by atoms with E-state index in [0.29, 0.717) is 6.04 Å². The maximum atomic E-state index is 10.6. The number of carboxylic acids is 1. The predicted molar refractivity (Wildman–Crippen MR) is 42.5 cm³/mol. The second kappa shape index (κ2) is 3.22. The zero-order valence-electron chi connectivity index (χ0n) is 7.08. The molecule has 0 spiro atoms. The summed E-state index contributed by atoms with van der Waals surface area (Å²) in [6.45, 7) is 4.61. The Morgan fingerprint density at radius 2 is 2.27 bits per heavy atom. The maximum Gasteiger partial charge on any atom is 0.320 e. The number of carboxylic acid groups (broad SMARTS) is 1. The van der Waals surface area contributed by atoms with Gasteiger partial charge in [0.15, 0.2) is 0 Å². The molecule has 11 heavy (non-hydrogen) atoms. The first-order valence-corrected chi connectivity index (χ1v) is 4.15. The van der Waals surface area contributed by atoms with Gasteiger partial charge >= 0.3 is 5.97 Å². The van der Waals surface area contributed by atoms with Gasteiger partial charge in [0, 0.05) is 6.04 Å². The molecule has 1 atom stereocenters. The van der Waals surface area contributed by atoms with Crippen molar-refractivity contribution < 1.29 is 9.90 Å². The molecule has 1 saturated carbocycles. The van der Waals surface area contributed by atoms with Crippen LogP contribution in [0.3, 0.4) is 0 Å². The Hall–Kier alpha value is -0.570. The molecule has 3 heteroatoms. The number of hydrogen-bond acceptors (Lipinski definition) is 2. The van der Waals surface area contributed by atoms with Gasteiger partial charge in [-0.1, -0.05) is 6.92 Å². The smallest absolute Gasteiger partial charge is 0.320 e. The Morgan fingerprint density at radius 3 is 2.55 bits per heavy atom. The van der Waals surface area contributed by atoms with Crippen molar-refractivity contribution in [3.05, 3.63) is 0 Å². The fourth-order valence-corrected chi connectivity index (χ4v) is 1.40. The van der Waals surface area contributed by atoms with Crippen LogP contribution in [0.25, 0.3) is 0 Å². The van der Waals surface area contributed by atoms with E-state index < -0.39 is 5.97 Å². The summed E-state index contributed by atoms with van der Waals surface area (Å²) < 4.78 is 0. The Labute approximate surface area is 67.0 Å². The van der Waals surface area contributed by atoms with E-state index in [2.05, 4.69) is 0 Å². The van der Waals surface area contributed by atoms with Crippen LogP contribution in [0.15, 0.2) is 0 Å². The van der Waals surface area contributed by atoms with E-state index >= 15 is 0 Å². The van der Waals surface area contributed by atoms with Crippen molar-refractivity contribution in [1.82, 2.24) is 4.90 Å². The minimum atomic E-state index is -0.709. The minimum absolute atomic E-state index is 0.313. The quantitative estimate of drug-likeness (QED) is 0.660. The van der Waals surface area contributed by atoms with Gasteiger partial charge in [-0.05, 0) is 26.3 Å². The van der Waals surface area contributed by atoms with Crippen LogP contribution >= 0.6 is 0 Å². The van der Waals surface area contributed by atoms with Gasteiger partial charge in [-0.15, -0.1) is 0 Å². The first-order chi connectivity index (χ1) is 5.16. The lowest BCUT2D eigenvalue weighted by Gasteiger charge is -2.23. The largest absolute Gasteiger partial charge is 0.480 e. The van der Waals surface area contributed by atoms with E-state index in [1.165, 1.54) is 12.8 Å². The average molecular weight is 157 g/mol. The van der Waals surface area contributed by atoms with Crippen LogP contribution in [0.5, 0.6) is 0 Å². The monoisotopic (exact) mass is 157 g/mol. The molecule has 3 nitrogen and oxygen atoms in total. The molecule has 0 aliphatic heterocycles. The topological polar surface area (TPSA) is 40.5 Å². The van der Waals surface area contributed by atoms with Crippen molar-refractivity contribution in [1.29, 1.82) is 0 Å². The molecule has 0 saturated heterocycles. The number of nitrogens with zero attached hydrogens (tertiary/aromatic N) is 1. The van der Waals surface area contributed by atoms with E-state index in [1.54, 1.807) is 6.92 Å². The van der Waals surface area contributed by atoms with E-state index in [9.17, 15) is 4.79 Å². The highest BCUT2D eigenvalue weighted by atomic mass is 16.4. The normalized spacial score (nSPS) is 20.3. The van der Waals surface area contributed by atoms with Crippen molar-refractivity contribution in [2.24, 2.45) is 0 Å².